The molecule has 3 aromatic carbocycles. The largest absolute Gasteiger partial charge is 1.00 e. The summed E-state index contributed by atoms with van der Waals surface area (Å²) in [7, 11) is 0. The van der Waals surface area contributed by atoms with E-state index in [2.05, 4.69) is 38.1 Å². The molecule has 1 nitrogen and oxygen atoms in total. The summed E-state index contributed by atoms with van der Waals surface area (Å²) in [4.78, 5) is 13.3. The molecule has 4 aromatic rings. The molecule has 0 aliphatic rings. The Morgan fingerprint density at radius 3 is 2.24 bits per heavy atom. The summed E-state index contributed by atoms with van der Waals surface area (Å²) in [5.74, 6) is 0.362. The molecule has 4 rings (SSSR count). The Balaban J connectivity index is 0.00000121. The molecule has 25 heavy (non-hydrogen) atoms. The SMILES string of the molecule is CC(C)c1ccc2sc3ccccc3c(=O)c2c1-c1ccccc1.[H-].[Li+]. The van der Waals surface area contributed by atoms with Gasteiger partial charge >= 0.3 is 18.9 Å². The van der Waals surface area contributed by atoms with Crippen molar-refractivity contribution in [1.82, 2.24) is 0 Å². The third-order valence-electron chi connectivity index (χ3n) is 4.46. The van der Waals surface area contributed by atoms with Crippen LogP contribution < -0.4 is 24.3 Å². The van der Waals surface area contributed by atoms with Crippen LogP contribution in [0.15, 0.2) is 71.5 Å². The van der Waals surface area contributed by atoms with Crippen molar-refractivity contribution in [2.75, 3.05) is 0 Å². The minimum Gasteiger partial charge on any atom is -1.00 e. The van der Waals surface area contributed by atoms with Crippen LogP contribution in [0.1, 0.15) is 26.8 Å². The third kappa shape index (κ3) is 3.07. The van der Waals surface area contributed by atoms with Crippen LogP contribution in [-0.4, -0.2) is 0 Å². The Labute approximate surface area is 165 Å². The van der Waals surface area contributed by atoms with Crippen molar-refractivity contribution >= 4 is 31.5 Å². The molecule has 1 heterocycles. The van der Waals surface area contributed by atoms with Gasteiger partial charge in [-0.1, -0.05) is 62.4 Å². The van der Waals surface area contributed by atoms with Crippen LogP contribution >= 0.6 is 11.3 Å². The molecule has 0 spiro atoms. The standard InChI is InChI=1S/C22H18OS.Li.H/c1-14(2)16-12-13-19-21(20(16)15-8-4-3-5-9-15)22(23)17-10-6-7-11-18(17)24-19;;/h3-14H,1-2H3;;/q;+1;-1. The fraction of sp³-hybridized carbons (Fsp3) is 0.136. The second kappa shape index (κ2) is 7.18. The predicted molar refractivity (Wildman–Crippen MR) is 106 cm³/mol. The van der Waals surface area contributed by atoms with E-state index in [0.29, 0.717) is 5.92 Å². The van der Waals surface area contributed by atoms with Gasteiger partial charge in [-0.15, -0.1) is 11.3 Å². The van der Waals surface area contributed by atoms with Gasteiger partial charge in [0.25, 0.3) is 0 Å². The Bertz CT molecular complexity index is 1100. The summed E-state index contributed by atoms with van der Waals surface area (Å²) >= 11 is 1.69. The van der Waals surface area contributed by atoms with Crippen LogP contribution in [0.25, 0.3) is 31.3 Å². The molecule has 0 unspecified atom stereocenters. The molecule has 0 bridgehead atoms. The summed E-state index contributed by atoms with van der Waals surface area (Å²) in [5.41, 5.74) is 3.58. The van der Waals surface area contributed by atoms with E-state index in [1.807, 2.05) is 42.5 Å². The first-order chi connectivity index (χ1) is 11.7. The van der Waals surface area contributed by atoms with Crippen molar-refractivity contribution in [3.05, 3.63) is 82.5 Å². The zero-order chi connectivity index (χ0) is 16.7. The van der Waals surface area contributed by atoms with E-state index < -0.39 is 0 Å². The van der Waals surface area contributed by atoms with Gasteiger partial charge < -0.3 is 1.43 Å². The zero-order valence-electron chi connectivity index (χ0n) is 15.7. The van der Waals surface area contributed by atoms with Crippen molar-refractivity contribution in [2.45, 2.75) is 19.8 Å². The van der Waals surface area contributed by atoms with E-state index in [-0.39, 0.29) is 25.7 Å². The quantitative estimate of drug-likeness (QED) is 0.405. The van der Waals surface area contributed by atoms with Crippen molar-refractivity contribution < 1.29 is 20.3 Å². The maximum atomic E-state index is 13.3. The molecule has 0 aliphatic heterocycles. The first-order valence-corrected chi connectivity index (χ1v) is 9.02. The molecule has 0 radical (unpaired) electrons. The molecule has 0 fully saturated rings. The van der Waals surface area contributed by atoms with E-state index in [9.17, 15) is 4.79 Å². The Morgan fingerprint density at radius 2 is 1.52 bits per heavy atom. The maximum absolute atomic E-state index is 13.3. The summed E-state index contributed by atoms with van der Waals surface area (Å²) < 4.78 is 2.10. The second-order valence-corrected chi connectivity index (χ2v) is 7.43. The average molecular weight is 338 g/mol. The molecule has 1 aromatic heterocycles. The summed E-state index contributed by atoms with van der Waals surface area (Å²) in [6.07, 6.45) is 0. The van der Waals surface area contributed by atoms with Gasteiger partial charge in [0.05, 0.1) is 0 Å². The number of benzene rings is 3. The van der Waals surface area contributed by atoms with Crippen LogP contribution in [0.2, 0.25) is 0 Å². The number of hydrogen-bond acceptors (Lipinski definition) is 2. The van der Waals surface area contributed by atoms with E-state index >= 15 is 0 Å². The summed E-state index contributed by atoms with van der Waals surface area (Å²) in [6, 6.07) is 22.5. The Kier molecular flexibility index (Phi) is 5.15. The molecule has 3 heteroatoms. The van der Waals surface area contributed by atoms with Crippen LogP contribution in [0, 0.1) is 0 Å². The van der Waals surface area contributed by atoms with E-state index in [0.717, 1.165) is 31.3 Å². The second-order valence-electron chi connectivity index (χ2n) is 6.35. The fourth-order valence-corrected chi connectivity index (χ4v) is 4.39. The molecule has 0 atom stereocenters. The smallest absolute Gasteiger partial charge is 1.00 e. The van der Waals surface area contributed by atoms with Crippen molar-refractivity contribution in [2.24, 2.45) is 0 Å². The molecule has 120 valence electrons. The van der Waals surface area contributed by atoms with Crippen molar-refractivity contribution in [3.63, 3.8) is 0 Å². The minimum absolute atomic E-state index is 0. The monoisotopic (exact) mass is 338 g/mol. The number of hydrogen-bond donors (Lipinski definition) is 0. The van der Waals surface area contributed by atoms with Gasteiger partial charge in [-0.3, -0.25) is 4.79 Å². The summed E-state index contributed by atoms with van der Waals surface area (Å²) in [5, 5.41) is 1.67. The van der Waals surface area contributed by atoms with Gasteiger partial charge in [-0.05, 0) is 40.8 Å². The van der Waals surface area contributed by atoms with Gasteiger partial charge in [0, 0.05) is 20.2 Å². The van der Waals surface area contributed by atoms with Crippen LogP contribution in [0.3, 0.4) is 0 Å². The third-order valence-corrected chi connectivity index (χ3v) is 5.60. The molecule has 0 saturated carbocycles. The fourth-order valence-electron chi connectivity index (χ4n) is 3.30. The molecule has 0 N–H and O–H groups in total. The molecular weight excluding hydrogens is 319 g/mol. The van der Waals surface area contributed by atoms with Gasteiger partial charge in [0.1, 0.15) is 0 Å². The average Bonchev–Trinajstić information content (AvgIpc) is 2.61. The normalized spacial score (nSPS) is 11.0. The first kappa shape index (κ1) is 18.0. The Hall–Kier alpha value is -1.85. The van der Waals surface area contributed by atoms with E-state index in [1.165, 1.54) is 5.56 Å². The van der Waals surface area contributed by atoms with E-state index in [1.54, 1.807) is 11.3 Å². The number of rotatable bonds is 2. The first-order valence-electron chi connectivity index (χ1n) is 8.20. The van der Waals surface area contributed by atoms with Gasteiger partial charge in [0.15, 0.2) is 5.43 Å². The van der Waals surface area contributed by atoms with E-state index in [4.69, 9.17) is 0 Å². The minimum atomic E-state index is 0. The summed E-state index contributed by atoms with van der Waals surface area (Å²) in [6.45, 7) is 4.37. The number of fused-ring (bicyclic) bond motifs is 2. The maximum Gasteiger partial charge on any atom is 1.00 e. The van der Waals surface area contributed by atoms with Crippen LogP contribution in [0.4, 0.5) is 0 Å². The van der Waals surface area contributed by atoms with Gasteiger partial charge in [0.2, 0.25) is 0 Å². The Morgan fingerprint density at radius 1 is 0.840 bits per heavy atom. The molecule has 0 aliphatic carbocycles. The molecule has 0 saturated heterocycles. The molecule has 0 amide bonds. The molecular formula is C22H19LiOS. The zero-order valence-corrected chi connectivity index (χ0v) is 15.6. The predicted octanol–water partition coefficient (Wildman–Crippen LogP) is 3.32. The van der Waals surface area contributed by atoms with Crippen molar-refractivity contribution in [1.29, 1.82) is 0 Å². The topological polar surface area (TPSA) is 17.1 Å². The van der Waals surface area contributed by atoms with Gasteiger partial charge in [-0.2, -0.15) is 0 Å². The van der Waals surface area contributed by atoms with Gasteiger partial charge in [-0.25, -0.2) is 0 Å². The van der Waals surface area contributed by atoms with Crippen LogP contribution in [0.5, 0.6) is 0 Å². The van der Waals surface area contributed by atoms with Crippen LogP contribution in [-0.2, 0) is 0 Å². The van der Waals surface area contributed by atoms with Crippen molar-refractivity contribution in [3.8, 4) is 11.1 Å².